The van der Waals surface area contributed by atoms with Crippen LogP contribution in [0.3, 0.4) is 0 Å². The summed E-state index contributed by atoms with van der Waals surface area (Å²) >= 11 is 24.3. The summed E-state index contributed by atoms with van der Waals surface area (Å²) in [6, 6.07) is 25.3. The topological polar surface area (TPSA) is 214 Å². The molecule has 522 valence electrons. The van der Waals surface area contributed by atoms with Crippen LogP contribution in [0.1, 0.15) is 110 Å². The number of hydrogen-bond acceptors (Lipinski definition) is 20. The number of aryl methyl sites for hydroxylation is 2. The number of rotatable bonds is 20. The van der Waals surface area contributed by atoms with Gasteiger partial charge in [0.25, 0.3) is 0 Å². The summed E-state index contributed by atoms with van der Waals surface area (Å²) in [5.74, 6) is 9.55. The van der Waals surface area contributed by atoms with Crippen molar-refractivity contribution in [1.29, 1.82) is 0 Å². The van der Waals surface area contributed by atoms with E-state index < -0.39 is 0 Å². The number of methoxy groups -OCH3 is 8. The van der Waals surface area contributed by atoms with Crippen LogP contribution in [0.25, 0.3) is 0 Å². The van der Waals surface area contributed by atoms with Gasteiger partial charge in [0, 0.05) is 0 Å². The van der Waals surface area contributed by atoms with E-state index in [1.54, 1.807) is 56.9 Å². The molecule has 100 heavy (non-hydrogen) atoms. The van der Waals surface area contributed by atoms with Crippen LogP contribution in [0.5, 0.6) is 92.5 Å². The van der Waals surface area contributed by atoms with Crippen molar-refractivity contribution in [2.75, 3.05) is 56.9 Å². The van der Waals surface area contributed by atoms with Crippen LogP contribution in [0.15, 0.2) is 122 Å². The first-order chi connectivity index (χ1) is 48.3. The minimum absolute atomic E-state index is 0.0783. The Morgan fingerprint density at radius 3 is 0.660 bits per heavy atom. The molecule has 0 spiro atoms. The van der Waals surface area contributed by atoms with Crippen LogP contribution in [0.2, 0.25) is 20.6 Å². The van der Waals surface area contributed by atoms with Crippen LogP contribution < -0.4 is 56.8 Å². The highest BCUT2D eigenvalue weighted by atomic mass is 35.5. The molecule has 0 aliphatic heterocycles. The van der Waals surface area contributed by atoms with Gasteiger partial charge in [-0.05, 0) is 207 Å². The number of halogens is 4. The third-order valence-corrected chi connectivity index (χ3v) is 21.5. The molecule has 0 amide bonds. The highest BCUT2D eigenvalue weighted by molar-refractivity contribution is 6.30. The second-order valence-corrected chi connectivity index (χ2v) is 28.7. The van der Waals surface area contributed by atoms with E-state index in [9.17, 15) is 0 Å². The highest BCUT2D eigenvalue weighted by Gasteiger charge is 2.61. The molecule has 8 fully saturated rings. The summed E-state index contributed by atoms with van der Waals surface area (Å²) in [7, 11) is 13.1. The maximum absolute atomic E-state index is 6.11. The van der Waals surface area contributed by atoms with Crippen molar-refractivity contribution < 1.29 is 56.8 Å². The third-order valence-electron chi connectivity index (χ3n) is 20.8. The number of aromatic nitrogens is 8. The van der Waals surface area contributed by atoms with Crippen LogP contribution in [-0.4, -0.2) is 96.8 Å². The van der Waals surface area contributed by atoms with Gasteiger partial charge in [-0.1, -0.05) is 81.8 Å². The van der Waals surface area contributed by atoms with Gasteiger partial charge in [0.2, 0.25) is 46.5 Å². The molecule has 8 aliphatic carbocycles. The number of ether oxygens (including phenoxy) is 12. The molecule has 4 aromatic heterocycles. The van der Waals surface area contributed by atoms with Crippen LogP contribution in [0.4, 0.5) is 0 Å². The van der Waals surface area contributed by atoms with Gasteiger partial charge in [-0.2, -0.15) is 19.9 Å². The SMILES string of the molecule is COc1cc(C23CC4CC(C2)CC(c2cc(OC)c(Oc5cncc(Cl)n5)c(OC)c2)(C4)C3)cc(OC)c1Oc1cncc(Cl)n1.COc1cc(C23CC4CC(C2)CC(c2cc(OC)c(Oc5cncc(Cl)n5)c(OC)c2)(C4)C3)cc(OC)c1Oc1cncc(Cl)n1.Cc1ccc(C)cc1. The Balaban J connectivity index is 0.000000161. The second-order valence-electron chi connectivity index (χ2n) is 27.2. The minimum atomic E-state index is -0.0783. The van der Waals surface area contributed by atoms with E-state index in [4.69, 9.17) is 103 Å². The first-order valence-electron chi connectivity index (χ1n) is 33.0. The van der Waals surface area contributed by atoms with Gasteiger partial charge in [0.1, 0.15) is 0 Å². The number of hydrogen-bond donors (Lipinski definition) is 0. The minimum Gasteiger partial charge on any atom is -0.493 e. The molecule has 8 saturated carbocycles. The maximum atomic E-state index is 6.11. The fourth-order valence-electron chi connectivity index (χ4n) is 17.6. The third kappa shape index (κ3) is 14.2. The van der Waals surface area contributed by atoms with Gasteiger partial charge in [0.05, 0.1) is 106 Å². The van der Waals surface area contributed by atoms with Gasteiger partial charge in [-0.15, -0.1) is 0 Å². The molecule has 0 radical (unpaired) electrons. The molecular weight excluding hydrogens is 1360 g/mol. The molecule has 9 aromatic rings. The Kier molecular flexibility index (Phi) is 20.2. The molecule has 0 unspecified atom stereocenters. The summed E-state index contributed by atoms with van der Waals surface area (Å²) in [6.07, 6.45) is 25.0. The van der Waals surface area contributed by atoms with E-state index in [0.717, 1.165) is 64.2 Å². The van der Waals surface area contributed by atoms with Crippen LogP contribution >= 0.6 is 46.4 Å². The van der Waals surface area contributed by atoms with Crippen LogP contribution in [-0.2, 0) is 21.7 Å². The summed E-state index contributed by atoms with van der Waals surface area (Å²) in [4.78, 5) is 33.3. The van der Waals surface area contributed by atoms with Crippen molar-refractivity contribution >= 4 is 46.4 Å². The summed E-state index contributed by atoms with van der Waals surface area (Å²) in [5.41, 5.74) is 7.08. The summed E-state index contributed by atoms with van der Waals surface area (Å²) in [5, 5.41) is 0.933. The van der Waals surface area contributed by atoms with Gasteiger partial charge in [-0.25, -0.2) is 0 Å². The van der Waals surface area contributed by atoms with Crippen molar-refractivity contribution in [3.63, 3.8) is 0 Å². The van der Waals surface area contributed by atoms with Crippen molar-refractivity contribution in [3.05, 3.63) is 176 Å². The summed E-state index contributed by atoms with van der Waals surface area (Å²) < 4.78 is 71.5. The van der Waals surface area contributed by atoms with Crippen molar-refractivity contribution in [2.24, 2.45) is 23.7 Å². The zero-order valence-electron chi connectivity index (χ0n) is 57.3. The Morgan fingerprint density at radius 2 is 0.490 bits per heavy atom. The first kappa shape index (κ1) is 69.7. The Morgan fingerprint density at radius 1 is 0.300 bits per heavy atom. The Bertz CT molecular complexity index is 3820. The predicted molar refractivity (Wildman–Crippen MR) is 379 cm³/mol. The van der Waals surface area contributed by atoms with Crippen molar-refractivity contribution in [3.8, 4) is 92.5 Å². The molecule has 0 N–H and O–H groups in total. The molecule has 8 bridgehead atoms. The van der Waals surface area contributed by atoms with Gasteiger partial charge < -0.3 is 56.8 Å². The molecule has 4 heterocycles. The van der Waals surface area contributed by atoms with E-state index in [0.29, 0.717) is 92.7 Å². The number of nitrogens with zero attached hydrogens (tertiary/aromatic N) is 8. The van der Waals surface area contributed by atoms with Gasteiger partial charge >= 0.3 is 0 Å². The lowest BCUT2D eigenvalue weighted by Crippen LogP contribution is -2.56. The van der Waals surface area contributed by atoms with E-state index in [1.807, 2.05) is 0 Å². The molecule has 17 rings (SSSR count). The molecular formula is C76H78Cl4N8O12. The highest BCUT2D eigenvalue weighted by Crippen LogP contribution is 2.70. The average Bonchev–Trinajstić information content (AvgIpc) is 0.707. The maximum Gasteiger partial charge on any atom is 0.239 e. The molecule has 24 heteroatoms. The summed E-state index contributed by atoms with van der Waals surface area (Å²) in [6.45, 7) is 4.19. The lowest BCUT2D eigenvalue weighted by molar-refractivity contribution is -0.0285. The normalized spacial score (nSPS) is 23.2. The first-order valence-corrected chi connectivity index (χ1v) is 34.5. The van der Waals surface area contributed by atoms with Crippen molar-refractivity contribution in [1.82, 2.24) is 39.9 Å². The zero-order chi connectivity index (χ0) is 70.1. The zero-order valence-corrected chi connectivity index (χ0v) is 60.4. The monoisotopic (exact) mass is 1430 g/mol. The van der Waals surface area contributed by atoms with Crippen molar-refractivity contribution in [2.45, 2.75) is 113 Å². The van der Waals surface area contributed by atoms with E-state index in [-0.39, 0.29) is 65.8 Å². The van der Waals surface area contributed by atoms with E-state index in [1.165, 1.54) is 95.8 Å². The number of benzene rings is 5. The lowest BCUT2D eigenvalue weighted by Gasteiger charge is -2.63. The second kappa shape index (κ2) is 29.0. The van der Waals surface area contributed by atoms with Gasteiger partial charge in [-0.3, -0.25) is 19.9 Å². The average molecular weight is 1440 g/mol. The van der Waals surface area contributed by atoms with Gasteiger partial charge in [0.15, 0.2) is 66.6 Å². The molecule has 0 saturated heterocycles. The molecule has 20 nitrogen and oxygen atoms in total. The lowest BCUT2D eigenvalue weighted by atomic mass is 9.41. The molecule has 8 aliphatic rings. The largest absolute Gasteiger partial charge is 0.493 e. The Hall–Kier alpha value is -8.82. The Labute approximate surface area is 601 Å². The molecule has 5 aromatic carbocycles. The van der Waals surface area contributed by atoms with E-state index >= 15 is 0 Å². The quantitative estimate of drug-likeness (QED) is 0.0693. The van der Waals surface area contributed by atoms with Crippen LogP contribution in [0, 0.1) is 37.5 Å². The van der Waals surface area contributed by atoms with E-state index in [2.05, 4.69) is 127 Å². The molecule has 0 atom stereocenters. The predicted octanol–water partition coefficient (Wildman–Crippen LogP) is 18.3. The fraction of sp³-hybridized carbons (Fsp3) is 0.395. The standard InChI is InChI=1S/2C34H34Cl2N4O6.C8H10/c2*1-41-23-6-21(7-24(42-2)31(23)45-29-16-37-14-27(35)39-29)33-10-19-5-20(11-33)13-34(12-19,18-33)22-8-25(43-3)32(26(9-22)44-4)46-30-17-38-15-28(36)40-30;1-7-3-5-8(2)6-4-7/h2*6-9,14-17,19-20H,5,10-13,18H2,1-4H3;3-6H,1-2H3. The smallest absolute Gasteiger partial charge is 0.239 e. The fourth-order valence-corrected chi connectivity index (χ4v) is 18.1.